The number of anilines is 2. The van der Waals surface area contributed by atoms with Crippen molar-refractivity contribution in [2.75, 3.05) is 17.7 Å². The maximum Gasteiger partial charge on any atom is 0.224 e. The number of imidazole rings is 1. The predicted octanol–water partition coefficient (Wildman–Crippen LogP) is 2.90. The number of hydrogen-bond donors (Lipinski definition) is 3. The Bertz CT molecular complexity index is 734. The van der Waals surface area contributed by atoms with Crippen molar-refractivity contribution in [1.82, 2.24) is 19.5 Å². The summed E-state index contributed by atoms with van der Waals surface area (Å²) in [7, 11) is 0. The molecule has 2 atom stereocenters. The van der Waals surface area contributed by atoms with Crippen molar-refractivity contribution in [2.24, 2.45) is 5.92 Å². The second-order valence-electron chi connectivity index (χ2n) is 6.51. The Morgan fingerprint density at radius 2 is 2.00 bits per heavy atom. The molecule has 0 aliphatic heterocycles. The summed E-state index contributed by atoms with van der Waals surface area (Å²) >= 11 is 0. The minimum absolute atomic E-state index is 0.158. The summed E-state index contributed by atoms with van der Waals surface area (Å²) in [5.41, 5.74) is 7.44. The van der Waals surface area contributed by atoms with Crippen molar-refractivity contribution in [1.29, 1.82) is 0 Å². The van der Waals surface area contributed by atoms with Gasteiger partial charge in [-0.05, 0) is 19.3 Å². The van der Waals surface area contributed by atoms with E-state index in [1.165, 1.54) is 12.8 Å². The van der Waals surface area contributed by atoms with Crippen LogP contribution in [-0.4, -0.2) is 37.3 Å². The highest BCUT2D eigenvalue weighted by Gasteiger charge is 2.24. The van der Waals surface area contributed by atoms with E-state index >= 15 is 0 Å². The molecule has 2 aliphatic carbocycles. The van der Waals surface area contributed by atoms with Gasteiger partial charge in [-0.25, -0.2) is 4.98 Å². The molecule has 7 heteroatoms. The van der Waals surface area contributed by atoms with Crippen LogP contribution in [0.4, 0.5) is 11.8 Å². The van der Waals surface area contributed by atoms with E-state index in [2.05, 4.69) is 32.4 Å². The van der Waals surface area contributed by atoms with Crippen molar-refractivity contribution in [3.05, 3.63) is 18.5 Å². The first-order chi connectivity index (χ1) is 12.2. The van der Waals surface area contributed by atoms with Crippen molar-refractivity contribution in [2.45, 2.75) is 58.0 Å². The molecule has 2 aromatic heterocycles. The number of nitrogens with zero attached hydrogens (tertiary/aromatic N) is 4. The van der Waals surface area contributed by atoms with Crippen LogP contribution in [0.1, 0.15) is 52.0 Å². The number of aliphatic hydroxyl groups excluding tert-OH is 1. The first-order valence-corrected chi connectivity index (χ1v) is 9.30. The Kier molecular flexibility index (Phi) is 5.53. The number of aromatic nitrogens is 4. The van der Waals surface area contributed by atoms with Crippen LogP contribution in [0.3, 0.4) is 0 Å². The largest absolute Gasteiger partial charge is 0.396 e. The fourth-order valence-electron chi connectivity index (χ4n) is 3.63. The summed E-state index contributed by atoms with van der Waals surface area (Å²) in [6.45, 7) is 4.17. The van der Waals surface area contributed by atoms with Crippen LogP contribution < -0.4 is 11.1 Å². The molecule has 4 N–H and O–H groups in total. The van der Waals surface area contributed by atoms with Gasteiger partial charge in [-0.3, -0.25) is 0 Å². The van der Waals surface area contributed by atoms with Crippen LogP contribution in [0.15, 0.2) is 18.5 Å². The zero-order chi connectivity index (χ0) is 17.8. The van der Waals surface area contributed by atoms with Crippen LogP contribution in [0.25, 0.3) is 11.2 Å². The van der Waals surface area contributed by atoms with E-state index in [0.29, 0.717) is 6.04 Å². The van der Waals surface area contributed by atoms with E-state index in [4.69, 9.17) is 5.73 Å². The van der Waals surface area contributed by atoms with Gasteiger partial charge in [-0.15, -0.1) is 0 Å². The fraction of sp³-hybridized carbons (Fsp3) is 0.611. The lowest BCUT2D eigenvalue weighted by Crippen LogP contribution is -2.17. The van der Waals surface area contributed by atoms with Gasteiger partial charge in [0.15, 0.2) is 17.0 Å². The second-order valence-corrected chi connectivity index (χ2v) is 6.51. The quantitative estimate of drug-likeness (QED) is 0.737. The van der Waals surface area contributed by atoms with Crippen LogP contribution in [-0.2, 0) is 0 Å². The van der Waals surface area contributed by atoms with Gasteiger partial charge >= 0.3 is 0 Å². The average molecular weight is 344 g/mol. The number of aliphatic hydroxyl groups is 1. The van der Waals surface area contributed by atoms with Gasteiger partial charge in [-0.1, -0.05) is 38.8 Å². The van der Waals surface area contributed by atoms with Gasteiger partial charge < -0.3 is 20.7 Å². The summed E-state index contributed by atoms with van der Waals surface area (Å²) in [5.74, 6) is 1.20. The molecule has 2 aliphatic rings. The van der Waals surface area contributed by atoms with E-state index < -0.39 is 0 Å². The number of hydrogen-bond acceptors (Lipinski definition) is 6. The van der Waals surface area contributed by atoms with E-state index in [9.17, 15) is 5.11 Å². The van der Waals surface area contributed by atoms with Gasteiger partial charge in [0.1, 0.15) is 0 Å². The molecule has 2 aromatic rings. The molecule has 0 radical (unpaired) electrons. The molecule has 7 nitrogen and oxygen atoms in total. The number of fused-ring (bicyclic) bond motifs is 1. The monoisotopic (exact) mass is 344 g/mol. The fourth-order valence-corrected chi connectivity index (χ4v) is 3.63. The molecular weight excluding hydrogens is 316 g/mol. The van der Waals surface area contributed by atoms with Crippen molar-refractivity contribution in [3.8, 4) is 0 Å². The zero-order valence-electron chi connectivity index (χ0n) is 15.0. The van der Waals surface area contributed by atoms with Crippen LogP contribution in [0.2, 0.25) is 0 Å². The van der Waals surface area contributed by atoms with E-state index in [1.54, 1.807) is 6.33 Å². The number of nitrogen functional groups attached to an aromatic ring is 1. The molecule has 136 valence electrons. The number of rotatable bonds is 4. The summed E-state index contributed by atoms with van der Waals surface area (Å²) in [4.78, 5) is 13.3. The molecule has 1 saturated carbocycles. The molecule has 2 unspecified atom stereocenters. The Hall–Kier alpha value is -2.15. The SMILES string of the molecule is CC.Nc1nc(NC2CCCC2)c2ncn(C3C=CC(CO)C3)c2n1. The van der Waals surface area contributed by atoms with Crippen molar-refractivity contribution < 1.29 is 5.11 Å². The third kappa shape index (κ3) is 3.61. The molecule has 0 aromatic carbocycles. The molecule has 0 spiro atoms. The van der Waals surface area contributed by atoms with Crippen LogP contribution in [0, 0.1) is 5.92 Å². The molecular formula is C18H28N6O. The number of allylic oxidation sites excluding steroid dienone is 1. The second kappa shape index (κ2) is 7.82. The Labute approximate surface area is 148 Å². The molecule has 0 saturated heterocycles. The number of nitrogens with one attached hydrogen (secondary N) is 1. The van der Waals surface area contributed by atoms with Gasteiger partial charge in [0.05, 0.1) is 12.4 Å². The smallest absolute Gasteiger partial charge is 0.224 e. The highest BCUT2D eigenvalue weighted by Crippen LogP contribution is 2.32. The Morgan fingerprint density at radius 1 is 1.24 bits per heavy atom. The van der Waals surface area contributed by atoms with E-state index in [0.717, 1.165) is 36.2 Å². The highest BCUT2D eigenvalue weighted by molar-refractivity contribution is 5.84. The Balaban J connectivity index is 0.000000880. The maximum atomic E-state index is 9.31. The molecule has 4 rings (SSSR count). The topological polar surface area (TPSA) is 102 Å². The lowest BCUT2D eigenvalue weighted by molar-refractivity contribution is 0.244. The predicted molar refractivity (Wildman–Crippen MR) is 100 cm³/mol. The highest BCUT2D eigenvalue weighted by atomic mass is 16.3. The van der Waals surface area contributed by atoms with Crippen molar-refractivity contribution >= 4 is 22.9 Å². The lowest BCUT2D eigenvalue weighted by atomic mass is 10.1. The van der Waals surface area contributed by atoms with Gasteiger partial charge in [0, 0.05) is 18.6 Å². The van der Waals surface area contributed by atoms with Crippen LogP contribution in [0.5, 0.6) is 0 Å². The first-order valence-electron chi connectivity index (χ1n) is 9.30. The summed E-state index contributed by atoms with van der Waals surface area (Å²) in [6, 6.07) is 0.605. The minimum Gasteiger partial charge on any atom is -0.396 e. The molecule has 0 amide bonds. The third-order valence-electron chi connectivity index (χ3n) is 4.88. The number of nitrogens with two attached hydrogens (primary N) is 1. The molecule has 1 fully saturated rings. The molecule has 2 heterocycles. The molecule has 0 bridgehead atoms. The average Bonchev–Trinajstić information content (AvgIpc) is 3.36. The summed E-state index contributed by atoms with van der Waals surface area (Å²) < 4.78 is 2.03. The first kappa shape index (κ1) is 17.7. The summed E-state index contributed by atoms with van der Waals surface area (Å²) in [6.07, 6.45) is 11.6. The molecule has 25 heavy (non-hydrogen) atoms. The Morgan fingerprint density at radius 3 is 2.68 bits per heavy atom. The van der Waals surface area contributed by atoms with E-state index in [1.807, 2.05) is 18.4 Å². The van der Waals surface area contributed by atoms with Crippen LogP contribution >= 0.6 is 0 Å². The lowest BCUT2D eigenvalue weighted by Gasteiger charge is -2.15. The van der Waals surface area contributed by atoms with Crippen molar-refractivity contribution in [3.63, 3.8) is 0 Å². The van der Waals surface area contributed by atoms with Gasteiger partial charge in [-0.2, -0.15) is 9.97 Å². The zero-order valence-corrected chi connectivity index (χ0v) is 15.0. The minimum atomic E-state index is 0.158. The maximum absolute atomic E-state index is 9.31. The van der Waals surface area contributed by atoms with E-state index in [-0.39, 0.29) is 24.5 Å². The van der Waals surface area contributed by atoms with Gasteiger partial charge in [0.25, 0.3) is 0 Å². The third-order valence-corrected chi connectivity index (χ3v) is 4.88. The summed E-state index contributed by atoms with van der Waals surface area (Å²) in [5, 5.41) is 12.8. The standard InChI is InChI=1S/C16H22N6O.C2H6/c17-16-20-14(19-11-3-1-2-4-11)13-15(21-16)22(9-18-13)12-6-5-10(7-12)8-23;1-2/h5-6,9-12,23H,1-4,7-8H2,(H3,17,19,20,21);1-2H3. The van der Waals surface area contributed by atoms with Gasteiger partial charge in [0.2, 0.25) is 5.95 Å². The normalized spacial score (nSPS) is 23.0.